The maximum Gasteiger partial charge on any atom is 0.220 e. The zero-order chi connectivity index (χ0) is 19.8. The van der Waals surface area contributed by atoms with Gasteiger partial charge in [-0.2, -0.15) is 0 Å². The van der Waals surface area contributed by atoms with Gasteiger partial charge in [0.2, 0.25) is 5.91 Å². The monoisotopic (exact) mass is 379 g/mol. The lowest BCUT2D eigenvalue weighted by Gasteiger charge is -2.39. The van der Waals surface area contributed by atoms with Crippen LogP contribution in [0.2, 0.25) is 0 Å². The molecule has 1 aliphatic rings. The summed E-state index contributed by atoms with van der Waals surface area (Å²) in [5.74, 6) is 0.356. The summed E-state index contributed by atoms with van der Waals surface area (Å²) >= 11 is 0. The van der Waals surface area contributed by atoms with Crippen molar-refractivity contribution >= 4 is 5.91 Å². The second kappa shape index (κ2) is 10.4. The smallest absolute Gasteiger partial charge is 0.220 e. The molecule has 2 unspecified atom stereocenters. The van der Waals surface area contributed by atoms with E-state index in [1.165, 1.54) is 11.1 Å². The molecule has 1 fully saturated rings. The molecule has 2 aromatic carbocycles. The Hall–Kier alpha value is -2.17. The van der Waals surface area contributed by atoms with Crippen LogP contribution in [0.1, 0.15) is 43.4 Å². The molecule has 4 nitrogen and oxygen atoms in total. The van der Waals surface area contributed by atoms with Crippen LogP contribution in [-0.4, -0.2) is 55.0 Å². The molecule has 0 radical (unpaired) electrons. The summed E-state index contributed by atoms with van der Waals surface area (Å²) in [7, 11) is 0. The number of piperazine rings is 1. The number of benzene rings is 2. The number of carbonyl (C=O) groups is 1. The molecule has 1 heterocycles. The van der Waals surface area contributed by atoms with Gasteiger partial charge in [0, 0.05) is 39.1 Å². The van der Waals surface area contributed by atoms with Crippen LogP contribution in [0.25, 0.3) is 0 Å². The van der Waals surface area contributed by atoms with Crippen molar-refractivity contribution in [3.63, 3.8) is 0 Å². The molecule has 2 aromatic rings. The fraction of sp³-hybridized carbons (Fsp3) is 0.458. The molecule has 4 heteroatoms. The van der Waals surface area contributed by atoms with E-state index in [4.69, 9.17) is 0 Å². The van der Waals surface area contributed by atoms with Crippen LogP contribution in [-0.2, 0) is 4.79 Å². The summed E-state index contributed by atoms with van der Waals surface area (Å²) in [6.07, 6.45) is 0.523. The first kappa shape index (κ1) is 20.6. The first-order valence-corrected chi connectivity index (χ1v) is 10.5. The van der Waals surface area contributed by atoms with E-state index in [1.807, 2.05) is 18.2 Å². The molecule has 1 saturated heterocycles. The molecule has 0 aromatic heterocycles. The van der Waals surface area contributed by atoms with E-state index in [1.54, 1.807) is 0 Å². The van der Waals surface area contributed by atoms with E-state index in [0.29, 0.717) is 13.0 Å². The largest absolute Gasteiger partial charge is 0.354 e. The van der Waals surface area contributed by atoms with Crippen molar-refractivity contribution in [3.05, 3.63) is 71.8 Å². The lowest BCUT2D eigenvalue weighted by Crippen LogP contribution is -2.49. The van der Waals surface area contributed by atoms with Crippen molar-refractivity contribution < 1.29 is 4.79 Å². The Kier molecular flexibility index (Phi) is 7.63. The molecule has 3 rings (SSSR count). The molecule has 0 aliphatic carbocycles. The van der Waals surface area contributed by atoms with Gasteiger partial charge in [-0.1, -0.05) is 74.5 Å². The SMILES string of the molecule is CCN1CCN(C(CNC(=O)CC(C)c2ccccc2)c2ccccc2)CC1. The lowest BCUT2D eigenvalue weighted by atomic mass is 9.97. The predicted octanol–water partition coefficient (Wildman–Crippen LogP) is 3.68. The predicted molar refractivity (Wildman–Crippen MR) is 115 cm³/mol. The topological polar surface area (TPSA) is 35.6 Å². The highest BCUT2D eigenvalue weighted by Crippen LogP contribution is 2.22. The van der Waals surface area contributed by atoms with Gasteiger partial charge in [0.1, 0.15) is 0 Å². The summed E-state index contributed by atoms with van der Waals surface area (Å²) in [5, 5.41) is 3.21. The van der Waals surface area contributed by atoms with Crippen molar-refractivity contribution in [2.45, 2.75) is 32.2 Å². The minimum absolute atomic E-state index is 0.129. The van der Waals surface area contributed by atoms with Gasteiger partial charge in [-0.15, -0.1) is 0 Å². The number of nitrogens with zero attached hydrogens (tertiary/aromatic N) is 2. The Labute approximate surface area is 169 Å². The molecule has 0 bridgehead atoms. The third-order valence-electron chi connectivity index (χ3n) is 5.83. The van der Waals surface area contributed by atoms with Crippen LogP contribution in [0.5, 0.6) is 0 Å². The Morgan fingerprint density at radius 3 is 2.07 bits per heavy atom. The average molecular weight is 380 g/mol. The Balaban J connectivity index is 1.59. The number of likely N-dealkylation sites (N-methyl/N-ethyl adjacent to an activating group) is 1. The highest BCUT2D eigenvalue weighted by Gasteiger charge is 2.25. The summed E-state index contributed by atoms with van der Waals surface area (Å²) < 4.78 is 0. The number of nitrogens with one attached hydrogen (secondary N) is 1. The minimum atomic E-state index is 0.129. The van der Waals surface area contributed by atoms with Gasteiger partial charge in [0.05, 0.1) is 6.04 Å². The third-order valence-corrected chi connectivity index (χ3v) is 5.83. The average Bonchev–Trinajstić information content (AvgIpc) is 2.75. The summed E-state index contributed by atoms with van der Waals surface area (Å²) in [4.78, 5) is 17.6. The molecule has 28 heavy (non-hydrogen) atoms. The minimum Gasteiger partial charge on any atom is -0.354 e. The van der Waals surface area contributed by atoms with E-state index >= 15 is 0 Å². The molecule has 2 atom stereocenters. The standard InChI is InChI=1S/C24H33N3O/c1-3-26-14-16-27(17-15-26)23(22-12-8-5-9-13-22)19-25-24(28)18-20(2)21-10-6-4-7-11-21/h4-13,20,23H,3,14-19H2,1-2H3,(H,25,28). The summed E-state index contributed by atoms with van der Waals surface area (Å²) in [5.41, 5.74) is 2.50. The van der Waals surface area contributed by atoms with Gasteiger partial charge in [-0.25, -0.2) is 0 Å². The molecule has 0 saturated carbocycles. The number of rotatable bonds is 8. The van der Waals surface area contributed by atoms with Crippen molar-refractivity contribution in [3.8, 4) is 0 Å². The van der Waals surface area contributed by atoms with E-state index in [0.717, 1.165) is 32.7 Å². The number of amides is 1. The Bertz CT molecular complexity index is 711. The maximum atomic E-state index is 12.6. The van der Waals surface area contributed by atoms with Gasteiger partial charge < -0.3 is 10.2 Å². The van der Waals surface area contributed by atoms with E-state index in [9.17, 15) is 4.79 Å². The van der Waals surface area contributed by atoms with Gasteiger partial charge in [-0.05, 0) is 23.6 Å². The fourth-order valence-electron chi connectivity index (χ4n) is 3.98. The second-order valence-electron chi connectivity index (χ2n) is 7.72. The number of hydrogen-bond acceptors (Lipinski definition) is 3. The number of hydrogen-bond donors (Lipinski definition) is 1. The lowest BCUT2D eigenvalue weighted by molar-refractivity contribution is -0.121. The van der Waals surface area contributed by atoms with Gasteiger partial charge in [0.15, 0.2) is 0 Å². The van der Waals surface area contributed by atoms with Crippen LogP contribution < -0.4 is 5.32 Å². The Morgan fingerprint density at radius 1 is 0.929 bits per heavy atom. The quantitative estimate of drug-likeness (QED) is 0.760. The molecular formula is C24H33N3O. The first-order valence-electron chi connectivity index (χ1n) is 10.5. The van der Waals surface area contributed by atoms with Crippen LogP contribution in [0.15, 0.2) is 60.7 Å². The van der Waals surface area contributed by atoms with E-state index in [2.05, 4.69) is 71.4 Å². The van der Waals surface area contributed by atoms with Crippen molar-refractivity contribution in [2.24, 2.45) is 0 Å². The van der Waals surface area contributed by atoms with Crippen LogP contribution in [0, 0.1) is 0 Å². The zero-order valence-corrected chi connectivity index (χ0v) is 17.2. The molecule has 1 amide bonds. The highest BCUT2D eigenvalue weighted by atomic mass is 16.1. The molecular weight excluding hydrogens is 346 g/mol. The van der Waals surface area contributed by atoms with E-state index < -0.39 is 0 Å². The summed E-state index contributed by atoms with van der Waals surface area (Å²) in [6, 6.07) is 21.1. The third kappa shape index (κ3) is 5.66. The molecule has 0 spiro atoms. The van der Waals surface area contributed by atoms with Crippen LogP contribution in [0.4, 0.5) is 0 Å². The van der Waals surface area contributed by atoms with Gasteiger partial charge in [0.25, 0.3) is 0 Å². The molecule has 1 aliphatic heterocycles. The molecule has 150 valence electrons. The normalized spacial score (nSPS) is 17.8. The van der Waals surface area contributed by atoms with Gasteiger partial charge in [-0.3, -0.25) is 9.69 Å². The number of carbonyl (C=O) groups excluding carboxylic acids is 1. The Morgan fingerprint density at radius 2 is 1.50 bits per heavy atom. The van der Waals surface area contributed by atoms with Crippen LogP contribution >= 0.6 is 0 Å². The zero-order valence-electron chi connectivity index (χ0n) is 17.2. The van der Waals surface area contributed by atoms with Crippen molar-refractivity contribution in [1.82, 2.24) is 15.1 Å². The highest BCUT2D eigenvalue weighted by molar-refractivity contribution is 5.76. The maximum absolute atomic E-state index is 12.6. The summed E-state index contributed by atoms with van der Waals surface area (Å²) in [6.45, 7) is 10.4. The van der Waals surface area contributed by atoms with Crippen LogP contribution in [0.3, 0.4) is 0 Å². The van der Waals surface area contributed by atoms with E-state index in [-0.39, 0.29) is 17.9 Å². The fourth-order valence-corrected chi connectivity index (χ4v) is 3.98. The van der Waals surface area contributed by atoms with Gasteiger partial charge >= 0.3 is 0 Å². The second-order valence-corrected chi connectivity index (χ2v) is 7.72. The first-order chi connectivity index (χ1) is 13.7. The molecule has 1 N–H and O–H groups in total. The van der Waals surface area contributed by atoms with Crippen molar-refractivity contribution in [1.29, 1.82) is 0 Å². The van der Waals surface area contributed by atoms with Crippen molar-refractivity contribution in [2.75, 3.05) is 39.3 Å².